The highest BCUT2D eigenvalue weighted by Gasteiger charge is 2.11. The van der Waals surface area contributed by atoms with Crippen LogP contribution in [0, 0.1) is 0 Å². The van der Waals surface area contributed by atoms with E-state index in [1.54, 1.807) is 0 Å². The maximum atomic E-state index is 2.54. The van der Waals surface area contributed by atoms with E-state index in [0.717, 1.165) is 6.04 Å². The van der Waals surface area contributed by atoms with Crippen molar-refractivity contribution in [2.24, 2.45) is 0 Å². The van der Waals surface area contributed by atoms with Gasteiger partial charge in [-0.3, -0.25) is 0 Å². The molecule has 0 aliphatic carbocycles. The molecule has 1 atom stereocenters. The SMILES string of the molecule is CCCCCN(C)C(CC)CCN(C)C. The zero-order valence-corrected chi connectivity index (χ0v) is 11.4. The highest BCUT2D eigenvalue weighted by molar-refractivity contribution is 4.68. The van der Waals surface area contributed by atoms with E-state index >= 15 is 0 Å². The van der Waals surface area contributed by atoms with Crippen molar-refractivity contribution < 1.29 is 0 Å². The van der Waals surface area contributed by atoms with Crippen molar-refractivity contribution in [2.75, 3.05) is 34.2 Å². The van der Waals surface area contributed by atoms with Gasteiger partial charge in [-0.15, -0.1) is 0 Å². The molecule has 2 heteroatoms. The third kappa shape index (κ3) is 7.80. The average molecular weight is 214 g/mol. The quantitative estimate of drug-likeness (QED) is 0.545. The van der Waals surface area contributed by atoms with Crippen LogP contribution in [-0.2, 0) is 0 Å². The number of unbranched alkanes of at least 4 members (excludes halogenated alkanes) is 2. The molecule has 0 aliphatic rings. The van der Waals surface area contributed by atoms with Crippen LogP contribution in [0.3, 0.4) is 0 Å². The summed E-state index contributed by atoms with van der Waals surface area (Å²) in [5, 5.41) is 0. The lowest BCUT2D eigenvalue weighted by molar-refractivity contribution is 0.204. The predicted octanol–water partition coefficient (Wildman–Crippen LogP) is 2.84. The van der Waals surface area contributed by atoms with Crippen molar-refractivity contribution >= 4 is 0 Å². The maximum absolute atomic E-state index is 2.54. The van der Waals surface area contributed by atoms with Crippen molar-refractivity contribution in [1.82, 2.24) is 9.80 Å². The van der Waals surface area contributed by atoms with Gasteiger partial charge in [-0.2, -0.15) is 0 Å². The van der Waals surface area contributed by atoms with Gasteiger partial charge in [0.25, 0.3) is 0 Å². The first-order chi connectivity index (χ1) is 7.11. The fourth-order valence-electron chi connectivity index (χ4n) is 1.94. The minimum Gasteiger partial charge on any atom is -0.309 e. The Morgan fingerprint density at radius 3 is 2.07 bits per heavy atom. The van der Waals surface area contributed by atoms with Gasteiger partial charge in [0.1, 0.15) is 0 Å². The van der Waals surface area contributed by atoms with Crippen LogP contribution >= 0.6 is 0 Å². The van der Waals surface area contributed by atoms with Gasteiger partial charge in [-0.25, -0.2) is 0 Å². The average Bonchev–Trinajstić information content (AvgIpc) is 2.18. The van der Waals surface area contributed by atoms with E-state index in [9.17, 15) is 0 Å². The smallest absolute Gasteiger partial charge is 0.0102 e. The van der Waals surface area contributed by atoms with Crippen molar-refractivity contribution in [3.8, 4) is 0 Å². The topological polar surface area (TPSA) is 6.48 Å². The lowest BCUT2D eigenvalue weighted by Gasteiger charge is -2.28. The standard InChI is InChI=1S/C13H30N2/c1-6-8-9-11-15(5)13(7-2)10-12-14(3)4/h13H,6-12H2,1-5H3. The molecule has 2 nitrogen and oxygen atoms in total. The first-order valence-electron chi connectivity index (χ1n) is 6.46. The maximum Gasteiger partial charge on any atom is 0.0102 e. The third-order valence-corrected chi connectivity index (χ3v) is 3.12. The molecule has 0 aromatic rings. The van der Waals surface area contributed by atoms with Crippen molar-refractivity contribution in [3.63, 3.8) is 0 Å². The predicted molar refractivity (Wildman–Crippen MR) is 69.4 cm³/mol. The number of hydrogen-bond donors (Lipinski definition) is 0. The summed E-state index contributed by atoms with van der Waals surface area (Å²) in [6.45, 7) is 7.04. The van der Waals surface area contributed by atoms with E-state index < -0.39 is 0 Å². The second kappa shape index (κ2) is 9.17. The van der Waals surface area contributed by atoms with Gasteiger partial charge in [0.15, 0.2) is 0 Å². The lowest BCUT2D eigenvalue weighted by atomic mass is 10.1. The monoisotopic (exact) mass is 214 g/mol. The molecular weight excluding hydrogens is 184 g/mol. The zero-order chi connectivity index (χ0) is 11.7. The van der Waals surface area contributed by atoms with Crippen molar-refractivity contribution in [1.29, 1.82) is 0 Å². The molecular formula is C13H30N2. The van der Waals surface area contributed by atoms with Crippen LogP contribution in [0.5, 0.6) is 0 Å². The van der Waals surface area contributed by atoms with Crippen LogP contribution in [0.2, 0.25) is 0 Å². The van der Waals surface area contributed by atoms with E-state index in [0.29, 0.717) is 0 Å². The van der Waals surface area contributed by atoms with Crippen LogP contribution in [0.4, 0.5) is 0 Å². The van der Waals surface area contributed by atoms with Gasteiger partial charge < -0.3 is 9.80 Å². The number of nitrogens with zero attached hydrogens (tertiary/aromatic N) is 2. The molecule has 0 spiro atoms. The van der Waals surface area contributed by atoms with Gasteiger partial charge in [-0.05, 0) is 53.5 Å². The summed E-state index contributed by atoms with van der Waals surface area (Å²) in [7, 11) is 6.59. The molecule has 15 heavy (non-hydrogen) atoms. The van der Waals surface area contributed by atoms with E-state index in [2.05, 4.69) is 44.8 Å². The second-order valence-electron chi connectivity index (χ2n) is 4.84. The van der Waals surface area contributed by atoms with E-state index in [1.807, 2.05) is 0 Å². The molecule has 0 saturated heterocycles. The first kappa shape index (κ1) is 14.9. The fraction of sp³-hybridized carbons (Fsp3) is 1.00. The van der Waals surface area contributed by atoms with Gasteiger partial charge in [0, 0.05) is 6.04 Å². The van der Waals surface area contributed by atoms with Crippen LogP contribution in [0.25, 0.3) is 0 Å². The molecule has 0 fully saturated rings. The van der Waals surface area contributed by atoms with E-state index in [1.165, 1.54) is 45.2 Å². The van der Waals surface area contributed by atoms with Crippen LogP contribution in [0.15, 0.2) is 0 Å². The summed E-state index contributed by atoms with van der Waals surface area (Å²) in [6.07, 6.45) is 6.62. The summed E-state index contributed by atoms with van der Waals surface area (Å²) >= 11 is 0. The minimum absolute atomic E-state index is 0.768. The highest BCUT2D eigenvalue weighted by atomic mass is 15.1. The van der Waals surface area contributed by atoms with Crippen LogP contribution in [0.1, 0.15) is 46.0 Å². The molecule has 1 unspecified atom stereocenters. The van der Waals surface area contributed by atoms with Crippen molar-refractivity contribution in [3.05, 3.63) is 0 Å². The lowest BCUT2D eigenvalue weighted by Crippen LogP contribution is -2.34. The van der Waals surface area contributed by atoms with Gasteiger partial charge >= 0.3 is 0 Å². The molecule has 0 N–H and O–H groups in total. The summed E-state index contributed by atoms with van der Waals surface area (Å²) < 4.78 is 0. The molecule has 0 bridgehead atoms. The third-order valence-electron chi connectivity index (χ3n) is 3.12. The van der Waals surface area contributed by atoms with Gasteiger partial charge in [0.2, 0.25) is 0 Å². The Bertz CT molecular complexity index is 134. The Hall–Kier alpha value is -0.0800. The molecule has 0 rings (SSSR count). The Morgan fingerprint density at radius 1 is 0.933 bits per heavy atom. The number of hydrogen-bond acceptors (Lipinski definition) is 2. The molecule has 0 aromatic carbocycles. The summed E-state index contributed by atoms with van der Waals surface area (Å²) in [5.41, 5.74) is 0. The summed E-state index contributed by atoms with van der Waals surface area (Å²) in [5.74, 6) is 0. The molecule has 0 saturated carbocycles. The van der Waals surface area contributed by atoms with E-state index in [4.69, 9.17) is 0 Å². The Balaban J connectivity index is 3.72. The minimum atomic E-state index is 0.768. The molecule has 92 valence electrons. The molecule has 0 amide bonds. The Kier molecular flexibility index (Phi) is 9.12. The highest BCUT2D eigenvalue weighted by Crippen LogP contribution is 2.08. The molecule has 0 heterocycles. The molecule has 0 aliphatic heterocycles. The summed E-state index contributed by atoms with van der Waals surface area (Å²) in [6, 6.07) is 0.768. The molecule has 0 radical (unpaired) electrons. The molecule has 0 aromatic heterocycles. The number of rotatable bonds is 9. The van der Waals surface area contributed by atoms with Gasteiger partial charge in [0.05, 0.1) is 0 Å². The van der Waals surface area contributed by atoms with Crippen LogP contribution < -0.4 is 0 Å². The Labute approximate surface area is 96.6 Å². The largest absolute Gasteiger partial charge is 0.309 e. The zero-order valence-electron chi connectivity index (χ0n) is 11.4. The van der Waals surface area contributed by atoms with Gasteiger partial charge in [-0.1, -0.05) is 26.7 Å². The fourth-order valence-corrected chi connectivity index (χ4v) is 1.94. The normalized spacial score (nSPS) is 13.8. The Morgan fingerprint density at radius 2 is 1.60 bits per heavy atom. The van der Waals surface area contributed by atoms with E-state index in [-0.39, 0.29) is 0 Å². The summed E-state index contributed by atoms with van der Waals surface area (Å²) in [4.78, 5) is 4.82. The second-order valence-corrected chi connectivity index (χ2v) is 4.84. The van der Waals surface area contributed by atoms with Crippen molar-refractivity contribution in [2.45, 2.75) is 52.0 Å². The van der Waals surface area contributed by atoms with Crippen LogP contribution in [-0.4, -0.2) is 50.1 Å². The first-order valence-corrected chi connectivity index (χ1v) is 6.46.